The molecule has 142 valence electrons. The smallest absolute Gasteiger partial charge is 0.307 e. The number of fused-ring (bicyclic) bond motifs is 1. The first kappa shape index (κ1) is 17.3. The molecule has 10 heteroatoms. The summed E-state index contributed by atoms with van der Waals surface area (Å²) >= 11 is 0. The Balaban J connectivity index is 1.28. The Morgan fingerprint density at radius 2 is 2.04 bits per heavy atom. The van der Waals surface area contributed by atoms with Crippen LogP contribution in [0.15, 0.2) is 30.6 Å². The fourth-order valence-corrected chi connectivity index (χ4v) is 3.36. The zero-order valence-corrected chi connectivity index (χ0v) is 14.7. The van der Waals surface area contributed by atoms with Crippen molar-refractivity contribution >= 4 is 11.6 Å². The third-order valence-electron chi connectivity index (χ3n) is 4.84. The average molecular weight is 374 g/mol. The van der Waals surface area contributed by atoms with Crippen molar-refractivity contribution in [1.29, 1.82) is 0 Å². The molecule has 1 N–H and O–H groups in total. The van der Waals surface area contributed by atoms with Crippen LogP contribution >= 0.6 is 0 Å². The van der Waals surface area contributed by atoms with E-state index in [4.69, 9.17) is 9.47 Å². The first-order valence-electron chi connectivity index (χ1n) is 8.75. The standard InChI is InChI=1S/C17H19N5O5/c23-17(11-21-10-14(8-18-21)22(24)25)20-5-3-19(4-6-20)9-13-1-2-15-16(7-13)27-12-26-15/h1-2,7-8,10H,3-6,9,11-12H2/p+1. The number of amides is 1. The Kier molecular flexibility index (Phi) is 4.63. The number of hydrogen-bond donors (Lipinski definition) is 1. The van der Waals surface area contributed by atoms with Crippen LogP contribution in [0.3, 0.4) is 0 Å². The van der Waals surface area contributed by atoms with Crippen LogP contribution in [0.1, 0.15) is 5.56 Å². The van der Waals surface area contributed by atoms with Gasteiger partial charge < -0.3 is 19.3 Å². The average Bonchev–Trinajstić information content (AvgIpc) is 3.31. The van der Waals surface area contributed by atoms with Gasteiger partial charge >= 0.3 is 5.69 Å². The van der Waals surface area contributed by atoms with Crippen LogP contribution in [0.2, 0.25) is 0 Å². The molecule has 1 aromatic heterocycles. The number of carbonyl (C=O) groups excluding carboxylic acids is 1. The summed E-state index contributed by atoms with van der Waals surface area (Å²) in [5.41, 5.74) is 1.07. The zero-order valence-electron chi connectivity index (χ0n) is 14.7. The monoisotopic (exact) mass is 374 g/mol. The molecule has 0 radical (unpaired) electrons. The Labute approximate surface area is 155 Å². The molecule has 1 fully saturated rings. The molecule has 0 saturated carbocycles. The van der Waals surface area contributed by atoms with E-state index in [1.165, 1.54) is 21.3 Å². The molecule has 3 heterocycles. The lowest BCUT2D eigenvalue weighted by atomic mass is 10.1. The maximum atomic E-state index is 12.4. The topological polar surface area (TPSA) is 104 Å². The van der Waals surface area contributed by atoms with Crippen molar-refractivity contribution in [3.8, 4) is 11.5 Å². The van der Waals surface area contributed by atoms with Crippen LogP contribution in [0.25, 0.3) is 0 Å². The van der Waals surface area contributed by atoms with Crippen molar-refractivity contribution in [2.75, 3.05) is 33.0 Å². The van der Waals surface area contributed by atoms with Gasteiger partial charge in [0.05, 0.1) is 31.1 Å². The minimum atomic E-state index is -0.522. The number of quaternary nitrogens is 1. The first-order valence-corrected chi connectivity index (χ1v) is 8.75. The van der Waals surface area contributed by atoms with Gasteiger partial charge in [-0.3, -0.25) is 19.6 Å². The van der Waals surface area contributed by atoms with Crippen molar-refractivity contribution in [1.82, 2.24) is 14.7 Å². The SMILES string of the molecule is O=C(Cn1cc([N+](=O)[O-])cn1)N1CC[NH+](Cc2ccc3c(c2)OCO3)CC1. The van der Waals surface area contributed by atoms with E-state index in [9.17, 15) is 14.9 Å². The second-order valence-corrected chi connectivity index (χ2v) is 6.65. The van der Waals surface area contributed by atoms with Crippen LogP contribution in [0.4, 0.5) is 5.69 Å². The Hall–Kier alpha value is -3.14. The van der Waals surface area contributed by atoms with E-state index in [1.54, 1.807) is 4.90 Å². The molecule has 4 rings (SSSR count). The molecule has 10 nitrogen and oxygen atoms in total. The quantitative estimate of drug-likeness (QED) is 0.556. The van der Waals surface area contributed by atoms with E-state index in [2.05, 4.69) is 5.10 Å². The molecule has 0 aliphatic carbocycles. The second kappa shape index (κ2) is 7.23. The van der Waals surface area contributed by atoms with Crippen molar-refractivity contribution in [2.24, 2.45) is 0 Å². The molecule has 0 spiro atoms. The van der Waals surface area contributed by atoms with Gasteiger partial charge in [0, 0.05) is 5.56 Å². The van der Waals surface area contributed by atoms with Crippen LogP contribution in [-0.2, 0) is 17.9 Å². The largest absolute Gasteiger partial charge is 0.454 e. The van der Waals surface area contributed by atoms with Gasteiger partial charge in [-0.2, -0.15) is 5.10 Å². The number of nitrogens with one attached hydrogen (secondary N) is 1. The van der Waals surface area contributed by atoms with E-state index in [0.717, 1.165) is 37.3 Å². The van der Waals surface area contributed by atoms with Gasteiger partial charge in [-0.25, -0.2) is 0 Å². The predicted molar refractivity (Wildman–Crippen MR) is 92.4 cm³/mol. The number of rotatable bonds is 5. The molecule has 0 bridgehead atoms. The molecule has 27 heavy (non-hydrogen) atoms. The summed E-state index contributed by atoms with van der Waals surface area (Å²) in [6.07, 6.45) is 2.43. The summed E-state index contributed by atoms with van der Waals surface area (Å²) < 4.78 is 12.1. The number of benzene rings is 1. The normalized spacial score (nSPS) is 16.5. The third-order valence-corrected chi connectivity index (χ3v) is 4.84. The lowest BCUT2D eigenvalue weighted by molar-refractivity contribution is -0.917. The molecule has 1 amide bonds. The van der Waals surface area contributed by atoms with E-state index in [-0.39, 0.29) is 24.9 Å². The fourth-order valence-electron chi connectivity index (χ4n) is 3.36. The summed E-state index contributed by atoms with van der Waals surface area (Å²) in [4.78, 5) is 25.7. The highest BCUT2D eigenvalue weighted by atomic mass is 16.7. The van der Waals surface area contributed by atoms with Crippen molar-refractivity contribution in [3.05, 3.63) is 46.3 Å². The van der Waals surface area contributed by atoms with Gasteiger partial charge in [0.1, 0.15) is 25.5 Å². The van der Waals surface area contributed by atoms with Gasteiger partial charge in [0.25, 0.3) is 0 Å². The number of piperazine rings is 1. The minimum absolute atomic E-state index is 0.0192. The van der Waals surface area contributed by atoms with Gasteiger partial charge in [-0.05, 0) is 18.2 Å². The number of aromatic nitrogens is 2. The van der Waals surface area contributed by atoms with Crippen LogP contribution in [0.5, 0.6) is 11.5 Å². The highest BCUT2D eigenvalue weighted by Crippen LogP contribution is 2.32. The third kappa shape index (κ3) is 3.85. The maximum absolute atomic E-state index is 12.4. The molecular formula is C17H20N5O5+. The Morgan fingerprint density at radius 1 is 1.26 bits per heavy atom. The number of carbonyl (C=O) groups is 1. The van der Waals surface area contributed by atoms with E-state index >= 15 is 0 Å². The summed E-state index contributed by atoms with van der Waals surface area (Å²) in [5.74, 6) is 1.49. The van der Waals surface area contributed by atoms with Crippen molar-refractivity contribution in [2.45, 2.75) is 13.1 Å². The van der Waals surface area contributed by atoms with Crippen LogP contribution in [0, 0.1) is 10.1 Å². The van der Waals surface area contributed by atoms with E-state index in [1.807, 2.05) is 18.2 Å². The molecule has 2 aliphatic rings. The minimum Gasteiger partial charge on any atom is -0.454 e. The summed E-state index contributed by atoms with van der Waals surface area (Å²) in [6, 6.07) is 5.99. The molecule has 0 unspecified atom stereocenters. The number of hydrogen-bond acceptors (Lipinski definition) is 6. The van der Waals surface area contributed by atoms with Gasteiger partial charge in [0.15, 0.2) is 11.5 Å². The number of ether oxygens (including phenoxy) is 2. The second-order valence-electron chi connectivity index (χ2n) is 6.65. The highest BCUT2D eigenvalue weighted by Gasteiger charge is 2.25. The zero-order chi connectivity index (χ0) is 18.8. The molecule has 1 aromatic carbocycles. The summed E-state index contributed by atoms with van der Waals surface area (Å²) in [7, 11) is 0. The highest BCUT2D eigenvalue weighted by molar-refractivity contribution is 5.76. The van der Waals surface area contributed by atoms with Gasteiger partial charge in [-0.1, -0.05) is 0 Å². The van der Waals surface area contributed by atoms with Crippen molar-refractivity contribution in [3.63, 3.8) is 0 Å². The summed E-state index contributed by atoms with van der Waals surface area (Å²) in [5, 5.41) is 14.6. The fraction of sp³-hybridized carbons (Fsp3) is 0.412. The summed E-state index contributed by atoms with van der Waals surface area (Å²) in [6.45, 7) is 4.16. The van der Waals surface area contributed by atoms with E-state index < -0.39 is 4.92 Å². The van der Waals surface area contributed by atoms with Crippen molar-refractivity contribution < 1.29 is 24.1 Å². The Bertz CT molecular complexity index is 859. The molecule has 2 aromatic rings. The molecule has 1 saturated heterocycles. The molecular weight excluding hydrogens is 354 g/mol. The van der Waals surface area contributed by atoms with Crippen LogP contribution in [-0.4, -0.2) is 58.5 Å². The lowest BCUT2D eigenvalue weighted by Gasteiger charge is -2.32. The van der Waals surface area contributed by atoms with Gasteiger partial charge in [-0.15, -0.1) is 0 Å². The molecule has 0 atom stereocenters. The van der Waals surface area contributed by atoms with Crippen LogP contribution < -0.4 is 14.4 Å². The molecule has 2 aliphatic heterocycles. The predicted octanol–water partition coefficient (Wildman–Crippen LogP) is -0.553. The number of nitro groups is 1. The van der Waals surface area contributed by atoms with Gasteiger partial charge in [0.2, 0.25) is 12.7 Å². The Morgan fingerprint density at radius 3 is 2.78 bits per heavy atom. The maximum Gasteiger partial charge on any atom is 0.307 e. The van der Waals surface area contributed by atoms with E-state index in [0.29, 0.717) is 13.1 Å². The number of nitrogens with zero attached hydrogens (tertiary/aromatic N) is 4. The lowest BCUT2D eigenvalue weighted by Crippen LogP contribution is -3.13. The first-order chi connectivity index (χ1) is 13.1.